The molecule has 2 aromatic rings. The van der Waals surface area contributed by atoms with Gasteiger partial charge in [0, 0.05) is 31.7 Å². The topological polar surface area (TPSA) is 40.6 Å². The molecule has 0 N–H and O–H groups in total. The zero-order valence-electron chi connectivity index (χ0n) is 16.5. The first kappa shape index (κ1) is 18.7. The molecular weight excluding hydrogens is 348 g/mol. The maximum atomic E-state index is 13.0. The molecule has 4 heteroatoms. The fraction of sp³-hybridized carbons (Fsp3) is 0.417. The Morgan fingerprint density at radius 1 is 1.00 bits per heavy atom. The lowest BCUT2D eigenvalue weighted by atomic mass is 9.89. The van der Waals surface area contributed by atoms with E-state index in [1.165, 1.54) is 11.1 Å². The molecule has 2 amide bonds. The monoisotopic (exact) mass is 376 g/mol. The van der Waals surface area contributed by atoms with Gasteiger partial charge in [-0.15, -0.1) is 0 Å². The SMILES string of the molecule is Cc1ccc(N2C[C@@H](C(=O)N3CCC(Cc4ccccc4)CC3)CC2=O)cc1. The predicted molar refractivity (Wildman–Crippen MR) is 111 cm³/mol. The van der Waals surface area contributed by atoms with Crippen LogP contribution in [0.15, 0.2) is 54.6 Å². The van der Waals surface area contributed by atoms with Crippen molar-refractivity contribution >= 4 is 17.5 Å². The summed E-state index contributed by atoms with van der Waals surface area (Å²) in [7, 11) is 0. The molecule has 2 aromatic carbocycles. The minimum absolute atomic E-state index is 0.0566. The first-order valence-electron chi connectivity index (χ1n) is 10.3. The minimum Gasteiger partial charge on any atom is -0.342 e. The third-order valence-corrected chi connectivity index (χ3v) is 6.11. The number of likely N-dealkylation sites (tertiary alicyclic amines) is 1. The Bertz CT molecular complexity index is 823. The summed E-state index contributed by atoms with van der Waals surface area (Å²) in [6, 6.07) is 18.5. The summed E-state index contributed by atoms with van der Waals surface area (Å²) in [6.07, 6.45) is 3.51. The summed E-state index contributed by atoms with van der Waals surface area (Å²) in [4.78, 5) is 29.2. The van der Waals surface area contributed by atoms with Crippen LogP contribution in [0.1, 0.15) is 30.4 Å². The fourth-order valence-electron chi connectivity index (χ4n) is 4.41. The van der Waals surface area contributed by atoms with Gasteiger partial charge in [0.05, 0.1) is 5.92 Å². The molecule has 0 spiro atoms. The van der Waals surface area contributed by atoms with Gasteiger partial charge in [0.1, 0.15) is 0 Å². The molecule has 0 radical (unpaired) electrons. The van der Waals surface area contributed by atoms with Crippen molar-refractivity contribution in [2.45, 2.75) is 32.6 Å². The number of aryl methyl sites for hydroxylation is 1. The number of amides is 2. The van der Waals surface area contributed by atoms with Crippen molar-refractivity contribution in [3.05, 3.63) is 65.7 Å². The minimum atomic E-state index is -0.209. The number of piperidine rings is 1. The Morgan fingerprint density at radius 2 is 1.68 bits per heavy atom. The highest BCUT2D eigenvalue weighted by Gasteiger charge is 2.38. The molecule has 2 saturated heterocycles. The number of rotatable bonds is 4. The van der Waals surface area contributed by atoms with Crippen molar-refractivity contribution in [3.8, 4) is 0 Å². The van der Waals surface area contributed by atoms with E-state index in [-0.39, 0.29) is 17.7 Å². The van der Waals surface area contributed by atoms with Gasteiger partial charge in [0.25, 0.3) is 0 Å². The highest BCUT2D eigenvalue weighted by atomic mass is 16.2. The molecule has 4 rings (SSSR count). The quantitative estimate of drug-likeness (QED) is 0.814. The van der Waals surface area contributed by atoms with E-state index in [2.05, 4.69) is 24.3 Å². The van der Waals surface area contributed by atoms with Gasteiger partial charge in [0.15, 0.2) is 0 Å². The maximum absolute atomic E-state index is 13.0. The summed E-state index contributed by atoms with van der Waals surface area (Å²) in [5.74, 6) is 0.641. The Kier molecular flexibility index (Phi) is 5.47. The number of hydrogen-bond donors (Lipinski definition) is 0. The fourth-order valence-corrected chi connectivity index (χ4v) is 4.41. The first-order chi connectivity index (χ1) is 13.6. The second-order valence-corrected chi connectivity index (χ2v) is 8.20. The van der Waals surface area contributed by atoms with E-state index in [1.54, 1.807) is 4.90 Å². The predicted octanol–water partition coefficient (Wildman–Crippen LogP) is 3.83. The van der Waals surface area contributed by atoms with Crippen LogP contribution in [0.25, 0.3) is 0 Å². The van der Waals surface area contributed by atoms with Gasteiger partial charge in [-0.3, -0.25) is 9.59 Å². The number of benzene rings is 2. The van der Waals surface area contributed by atoms with Crippen molar-refractivity contribution in [1.82, 2.24) is 4.90 Å². The van der Waals surface area contributed by atoms with Gasteiger partial charge < -0.3 is 9.80 Å². The third-order valence-electron chi connectivity index (χ3n) is 6.11. The van der Waals surface area contributed by atoms with E-state index in [1.807, 2.05) is 42.2 Å². The molecule has 2 heterocycles. The average Bonchev–Trinajstić information content (AvgIpc) is 3.11. The molecule has 0 aliphatic carbocycles. The van der Waals surface area contributed by atoms with Crippen LogP contribution in [0.3, 0.4) is 0 Å². The van der Waals surface area contributed by atoms with Crippen molar-refractivity contribution in [1.29, 1.82) is 0 Å². The van der Waals surface area contributed by atoms with Crippen LogP contribution in [0.4, 0.5) is 5.69 Å². The van der Waals surface area contributed by atoms with E-state index in [9.17, 15) is 9.59 Å². The number of carbonyl (C=O) groups is 2. The zero-order chi connectivity index (χ0) is 19.5. The van der Waals surface area contributed by atoms with Gasteiger partial charge in [-0.05, 0) is 49.8 Å². The van der Waals surface area contributed by atoms with Crippen LogP contribution in [0.5, 0.6) is 0 Å². The summed E-state index contributed by atoms with van der Waals surface area (Å²) < 4.78 is 0. The smallest absolute Gasteiger partial charge is 0.228 e. The van der Waals surface area contributed by atoms with Gasteiger partial charge in [0.2, 0.25) is 11.8 Å². The number of carbonyl (C=O) groups excluding carboxylic acids is 2. The number of nitrogens with zero attached hydrogens (tertiary/aromatic N) is 2. The van der Waals surface area contributed by atoms with E-state index in [4.69, 9.17) is 0 Å². The highest BCUT2D eigenvalue weighted by molar-refractivity contribution is 6.00. The molecule has 28 heavy (non-hydrogen) atoms. The first-order valence-corrected chi connectivity index (χ1v) is 10.3. The summed E-state index contributed by atoms with van der Waals surface area (Å²) in [6.45, 7) is 4.16. The van der Waals surface area contributed by atoms with Gasteiger partial charge in [-0.2, -0.15) is 0 Å². The number of hydrogen-bond acceptors (Lipinski definition) is 2. The Labute approximate surface area is 167 Å². The molecule has 4 nitrogen and oxygen atoms in total. The Morgan fingerprint density at radius 3 is 2.36 bits per heavy atom. The van der Waals surface area contributed by atoms with E-state index >= 15 is 0 Å². The van der Waals surface area contributed by atoms with E-state index in [0.717, 1.165) is 38.0 Å². The van der Waals surface area contributed by atoms with Crippen LogP contribution < -0.4 is 4.90 Å². The van der Waals surface area contributed by atoms with Crippen molar-refractivity contribution in [2.24, 2.45) is 11.8 Å². The molecule has 0 saturated carbocycles. The lowest BCUT2D eigenvalue weighted by molar-refractivity contribution is -0.137. The molecule has 0 aromatic heterocycles. The van der Waals surface area contributed by atoms with Crippen LogP contribution in [-0.2, 0) is 16.0 Å². The average molecular weight is 377 g/mol. The second kappa shape index (κ2) is 8.17. The zero-order valence-corrected chi connectivity index (χ0v) is 16.5. The standard InChI is InChI=1S/C24H28N2O2/c1-18-7-9-22(10-8-18)26-17-21(16-23(26)27)24(28)25-13-11-20(12-14-25)15-19-5-3-2-4-6-19/h2-10,20-21H,11-17H2,1H3/t21-/m0/s1. The lowest BCUT2D eigenvalue weighted by Gasteiger charge is -2.33. The molecule has 2 aliphatic rings. The van der Waals surface area contributed by atoms with Crippen molar-refractivity contribution in [3.63, 3.8) is 0 Å². The Balaban J connectivity index is 1.32. The normalized spacial score (nSPS) is 20.6. The summed E-state index contributed by atoms with van der Waals surface area (Å²) >= 11 is 0. The lowest BCUT2D eigenvalue weighted by Crippen LogP contribution is -2.42. The molecule has 2 fully saturated rings. The van der Waals surface area contributed by atoms with Gasteiger partial charge in [-0.1, -0.05) is 48.0 Å². The molecular formula is C24H28N2O2. The van der Waals surface area contributed by atoms with Crippen LogP contribution >= 0.6 is 0 Å². The van der Waals surface area contributed by atoms with Crippen LogP contribution in [-0.4, -0.2) is 36.3 Å². The van der Waals surface area contributed by atoms with Crippen LogP contribution in [0.2, 0.25) is 0 Å². The molecule has 1 atom stereocenters. The largest absolute Gasteiger partial charge is 0.342 e. The summed E-state index contributed by atoms with van der Waals surface area (Å²) in [5, 5.41) is 0. The summed E-state index contributed by atoms with van der Waals surface area (Å²) in [5.41, 5.74) is 3.44. The molecule has 146 valence electrons. The molecule has 2 aliphatic heterocycles. The molecule has 0 unspecified atom stereocenters. The Hall–Kier alpha value is -2.62. The van der Waals surface area contributed by atoms with Crippen molar-refractivity contribution < 1.29 is 9.59 Å². The number of anilines is 1. The van der Waals surface area contributed by atoms with Gasteiger partial charge in [-0.25, -0.2) is 0 Å². The third kappa shape index (κ3) is 4.11. The highest BCUT2D eigenvalue weighted by Crippen LogP contribution is 2.29. The molecule has 0 bridgehead atoms. The van der Waals surface area contributed by atoms with Crippen LogP contribution in [0, 0.1) is 18.8 Å². The van der Waals surface area contributed by atoms with E-state index < -0.39 is 0 Å². The van der Waals surface area contributed by atoms with Gasteiger partial charge >= 0.3 is 0 Å². The van der Waals surface area contributed by atoms with E-state index in [0.29, 0.717) is 18.9 Å². The maximum Gasteiger partial charge on any atom is 0.228 e. The van der Waals surface area contributed by atoms with Crippen molar-refractivity contribution in [2.75, 3.05) is 24.5 Å². The second-order valence-electron chi connectivity index (χ2n) is 8.20.